The second kappa shape index (κ2) is 10.3. The minimum Gasteiger partial charge on any atom is -0.383 e. The molecule has 0 radical (unpaired) electrons. The molecule has 0 unspecified atom stereocenters. The van der Waals surface area contributed by atoms with Crippen LogP contribution in [0, 0.1) is 22.7 Å². The Morgan fingerprint density at radius 3 is 2.44 bits per heavy atom. The second-order valence-electron chi connectivity index (χ2n) is 7.27. The van der Waals surface area contributed by atoms with Gasteiger partial charge in [0.05, 0.1) is 11.3 Å². The highest BCUT2D eigenvalue weighted by Crippen LogP contribution is 2.36. The largest absolute Gasteiger partial charge is 0.383 e. The van der Waals surface area contributed by atoms with E-state index in [1.807, 2.05) is 36.4 Å². The van der Waals surface area contributed by atoms with Gasteiger partial charge in [0.2, 0.25) is 5.91 Å². The first-order chi connectivity index (χ1) is 15.3. The molecule has 0 atom stereocenters. The van der Waals surface area contributed by atoms with E-state index >= 15 is 0 Å². The molecule has 0 saturated carbocycles. The fourth-order valence-electron chi connectivity index (χ4n) is 3.12. The Bertz CT molecular complexity index is 1240. The van der Waals surface area contributed by atoms with Gasteiger partial charge in [-0.25, -0.2) is 4.98 Å². The second-order valence-corrected chi connectivity index (χ2v) is 9.15. The number of hydrogen-bond donors (Lipinski definition) is 2. The van der Waals surface area contributed by atoms with Gasteiger partial charge in [0.15, 0.2) is 0 Å². The number of nitrogens with one attached hydrogen (secondary N) is 1. The van der Waals surface area contributed by atoms with E-state index in [-0.39, 0.29) is 28.6 Å². The summed E-state index contributed by atoms with van der Waals surface area (Å²) in [5.74, 6) is 0.173. The summed E-state index contributed by atoms with van der Waals surface area (Å²) in [6.07, 6.45) is 0. The summed E-state index contributed by atoms with van der Waals surface area (Å²) in [4.78, 5) is 16.7. The predicted molar refractivity (Wildman–Crippen MR) is 131 cm³/mol. The number of hydrogen-bond acceptors (Lipinski definition) is 6. The lowest BCUT2D eigenvalue weighted by Crippen LogP contribution is -2.14. The number of nitrogen functional groups attached to an aromatic ring is 1. The molecule has 0 aliphatic rings. The maximum absolute atomic E-state index is 12.4. The highest BCUT2D eigenvalue weighted by atomic mass is 79.9. The maximum Gasteiger partial charge on any atom is 0.234 e. The van der Waals surface area contributed by atoms with E-state index < -0.39 is 0 Å². The highest BCUT2D eigenvalue weighted by molar-refractivity contribution is 9.10. The Hall–Kier alpha value is -3.33. The molecule has 0 spiro atoms. The fourth-order valence-corrected chi connectivity index (χ4v) is 4.32. The third-order valence-electron chi connectivity index (χ3n) is 4.73. The van der Waals surface area contributed by atoms with Crippen LogP contribution in [0.1, 0.15) is 36.5 Å². The van der Waals surface area contributed by atoms with Gasteiger partial charge in [-0.15, -0.1) is 0 Å². The van der Waals surface area contributed by atoms with Gasteiger partial charge >= 0.3 is 0 Å². The molecular formula is C24H20BrN5OS. The van der Waals surface area contributed by atoms with E-state index in [0.717, 1.165) is 21.8 Å². The highest BCUT2D eigenvalue weighted by Gasteiger charge is 2.21. The third-order valence-corrected chi connectivity index (χ3v) is 6.20. The van der Waals surface area contributed by atoms with E-state index in [2.05, 4.69) is 52.2 Å². The molecule has 0 bridgehead atoms. The number of aromatic nitrogens is 1. The summed E-state index contributed by atoms with van der Waals surface area (Å²) >= 11 is 4.47. The fraction of sp³-hybridized carbons (Fsp3) is 0.167. The molecule has 1 heterocycles. The lowest BCUT2D eigenvalue weighted by Gasteiger charge is -2.14. The van der Waals surface area contributed by atoms with Gasteiger partial charge in [-0.05, 0) is 35.2 Å². The van der Waals surface area contributed by atoms with E-state index in [1.54, 1.807) is 12.1 Å². The van der Waals surface area contributed by atoms with Crippen LogP contribution in [-0.2, 0) is 4.79 Å². The van der Waals surface area contributed by atoms with Crippen LogP contribution in [0.3, 0.4) is 0 Å². The quantitative estimate of drug-likeness (QED) is 0.415. The molecule has 1 aromatic heterocycles. The molecule has 1 amide bonds. The van der Waals surface area contributed by atoms with Crippen LogP contribution in [0.2, 0.25) is 0 Å². The first kappa shape index (κ1) is 23.3. The average molecular weight is 506 g/mol. The summed E-state index contributed by atoms with van der Waals surface area (Å²) in [7, 11) is 0. The number of anilines is 2. The summed E-state index contributed by atoms with van der Waals surface area (Å²) in [5, 5.41) is 22.7. The predicted octanol–water partition coefficient (Wildman–Crippen LogP) is 5.69. The molecule has 3 N–H and O–H groups in total. The number of nitriles is 2. The number of carbonyl (C=O) groups is 1. The van der Waals surface area contributed by atoms with Crippen LogP contribution < -0.4 is 11.1 Å². The van der Waals surface area contributed by atoms with Crippen molar-refractivity contribution in [3.8, 4) is 23.3 Å². The molecule has 0 aliphatic heterocycles. The maximum atomic E-state index is 12.4. The molecule has 32 heavy (non-hydrogen) atoms. The number of benzene rings is 2. The number of thioether (sulfide) groups is 1. The lowest BCUT2D eigenvalue weighted by molar-refractivity contribution is -0.113. The Morgan fingerprint density at radius 2 is 1.84 bits per heavy atom. The number of nitrogens with two attached hydrogens (primary N) is 1. The third kappa shape index (κ3) is 5.28. The zero-order valence-electron chi connectivity index (χ0n) is 17.5. The van der Waals surface area contributed by atoms with Crippen molar-refractivity contribution in [2.75, 3.05) is 16.8 Å². The molecule has 8 heteroatoms. The van der Waals surface area contributed by atoms with Crippen molar-refractivity contribution in [3.63, 3.8) is 0 Å². The van der Waals surface area contributed by atoms with Crippen molar-refractivity contribution in [1.82, 2.24) is 4.98 Å². The van der Waals surface area contributed by atoms with Crippen molar-refractivity contribution in [2.24, 2.45) is 0 Å². The van der Waals surface area contributed by atoms with Crippen molar-refractivity contribution in [2.45, 2.75) is 24.8 Å². The minimum atomic E-state index is -0.246. The molecular weight excluding hydrogens is 486 g/mol. The monoisotopic (exact) mass is 505 g/mol. The first-order valence-corrected chi connectivity index (χ1v) is 11.5. The Morgan fingerprint density at radius 1 is 1.16 bits per heavy atom. The zero-order valence-corrected chi connectivity index (χ0v) is 19.9. The van der Waals surface area contributed by atoms with Crippen molar-refractivity contribution >= 4 is 45.1 Å². The lowest BCUT2D eigenvalue weighted by atomic mass is 9.94. The number of carbonyl (C=O) groups excluding carboxylic acids is 1. The molecule has 160 valence electrons. The summed E-state index contributed by atoms with van der Waals surface area (Å²) in [6.45, 7) is 4.18. The van der Waals surface area contributed by atoms with E-state index in [1.165, 1.54) is 0 Å². The molecule has 3 rings (SSSR count). The summed E-state index contributed by atoms with van der Waals surface area (Å²) in [6, 6.07) is 19.2. The van der Waals surface area contributed by atoms with Crippen LogP contribution >= 0.6 is 27.7 Å². The average Bonchev–Trinajstić information content (AvgIpc) is 2.77. The number of rotatable bonds is 6. The Kier molecular flexibility index (Phi) is 7.53. The van der Waals surface area contributed by atoms with E-state index in [0.29, 0.717) is 27.8 Å². The van der Waals surface area contributed by atoms with E-state index in [4.69, 9.17) is 5.73 Å². The van der Waals surface area contributed by atoms with Gasteiger partial charge < -0.3 is 11.1 Å². The van der Waals surface area contributed by atoms with Crippen molar-refractivity contribution < 1.29 is 4.79 Å². The number of pyridine rings is 1. The smallest absolute Gasteiger partial charge is 0.234 e. The van der Waals surface area contributed by atoms with Gasteiger partial charge in [0, 0.05) is 15.7 Å². The zero-order chi connectivity index (χ0) is 23.3. The molecule has 0 saturated heterocycles. The first-order valence-electron chi connectivity index (χ1n) is 9.76. The Labute approximate surface area is 199 Å². The summed E-state index contributed by atoms with van der Waals surface area (Å²) in [5.41, 5.74) is 9.39. The molecule has 0 fully saturated rings. The van der Waals surface area contributed by atoms with Crippen molar-refractivity contribution in [1.29, 1.82) is 10.5 Å². The summed E-state index contributed by atoms with van der Waals surface area (Å²) < 4.78 is 0.851. The van der Waals surface area contributed by atoms with Crippen LogP contribution in [0.15, 0.2) is 58.0 Å². The number of nitrogens with zero attached hydrogens (tertiary/aromatic N) is 3. The molecule has 6 nitrogen and oxygen atoms in total. The Balaban J connectivity index is 1.92. The SMILES string of the molecule is CC(C)c1ccc(-c2c(C#N)c(N)nc(SCC(=O)Nc3cccc(Br)c3)c2C#N)cc1. The van der Waals surface area contributed by atoms with Crippen molar-refractivity contribution in [3.05, 3.63) is 69.7 Å². The van der Waals surface area contributed by atoms with E-state index in [9.17, 15) is 15.3 Å². The van der Waals surface area contributed by atoms with Crippen LogP contribution in [0.25, 0.3) is 11.1 Å². The van der Waals surface area contributed by atoms with Gasteiger partial charge in [0.25, 0.3) is 0 Å². The minimum absolute atomic E-state index is 0.0318. The van der Waals surface area contributed by atoms with Crippen LogP contribution in [0.5, 0.6) is 0 Å². The molecule has 3 aromatic rings. The topological polar surface area (TPSA) is 116 Å². The van der Waals surface area contributed by atoms with Gasteiger partial charge in [0.1, 0.15) is 28.5 Å². The number of amides is 1. The number of halogens is 1. The van der Waals surface area contributed by atoms with Gasteiger partial charge in [-0.2, -0.15) is 10.5 Å². The molecule has 0 aliphatic carbocycles. The van der Waals surface area contributed by atoms with Crippen LogP contribution in [0.4, 0.5) is 11.5 Å². The standard InChI is InChI=1S/C24H20BrN5OS/c1-14(2)15-6-8-16(9-7-15)22-19(11-26)23(28)30-24(20(22)12-27)32-13-21(31)29-18-5-3-4-17(25)10-18/h3-10,14H,13H2,1-2H3,(H2,28,30)(H,29,31). The molecule has 2 aromatic carbocycles. The normalized spacial score (nSPS) is 10.4. The van der Waals surface area contributed by atoms with Gasteiger partial charge in [-0.1, -0.05) is 71.9 Å². The van der Waals surface area contributed by atoms with Gasteiger partial charge in [-0.3, -0.25) is 4.79 Å². The van der Waals surface area contributed by atoms with Crippen LogP contribution in [-0.4, -0.2) is 16.6 Å².